The van der Waals surface area contributed by atoms with E-state index in [-0.39, 0.29) is 30.1 Å². The van der Waals surface area contributed by atoms with Crippen LogP contribution in [0.25, 0.3) is 0 Å². The lowest BCUT2D eigenvalue weighted by atomic mass is 9.72. The van der Waals surface area contributed by atoms with Gasteiger partial charge in [-0.2, -0.15) is 0 Å². The van der Waals surface area contributed by atoms with Gasteiger partial charge in [-0.25, -0.2) is 14.6 Å². The van der Waals surface area contributed by atoms with Crippen molar-refractivity contribution < 1.29 is 23.8 Å². The van der Waals surface area contributed by atoms with E-state index >= 15 is 0 Å². The lowest BCUT2D eigenvalue weighted by molar-refractivity contribution is -0.151. The highest BCUT2D eigenvalue weighted by Gasteiger charge is 2.59. The molecule has 1 aliphatic heterocycles. The Balaban J connectivity index is 1.83. The second kappa shape index (κ2) is 12.8. The molecule has 8 nitrogen and oxygen atoms in total. The maximum atomic E-state index is 13.9. The highest BCUT2D eigenvalue weighted by atomic mass is 16.6. The molecule has 4 rings (SSSR count). The molecule has 1 aliphatic carbocycles. The molecule has 0 radical (unpaired) electrons. The summed E-state index contributed by atoms with van der Waals surface area (Å²) in [6, 6.07) is 8.65. The number of nitrogens with one attached hydrogen (secondary N) is 1. The molecule has 1 aromatic carbocycles. The van der Waals surface area contributed by atoms with Crippen molar-refractivity contribution >= 4 is 12.1 Å². The number of pyridine rings is 1. The first-order valence-corrected chi connectivity index (χ1v) is 14.9. The predicted octanol–water partition coefficient (Wildman–Crippen LogP) is 6.32. The van der Waals surface area contributed by atoms with Crippen LogP contribution >= 0.6 is 0 Å². The number of hydrogen-bond donors (Lipinski definition) is 1. The SMILES string of the molecule is CCOC(=O)[C@@H]1[C@@H](C(C)(C)C)[C@H](NCc2cc(C3CCC3)cnc2OC)[C@H](c2ccccc2C)N1C(=O)OC(C)C. The van der Waals surface area contributed by atoms with Gasteiger partial charge in [0.05, 0.1) is 25.9 Å². The van der Waals surface area contributed by atoms with E-state index < -0.39 is 24.1 Å². The van der Waals surface area contributed by atoms with E-state index in [9.17, 15) is 9.59 Å². The van der Waals surface area contributed by atoms with Crippen molar-refractivity contribution in [3.8, 4) is 5.88 Å². The Morgan fingerprint density at radius 2 is 1.88 bits per heavy atom. The van der Waals surface area contributed by atoms with Crippen molar-refractivity contribution in [2.24, 2.45) is 11.3 Å². The van der Waals surface area contributed by atoms with E-state index in [2.05, 4.69) is 37.1 Å². The third-order valence-corrected chi connectivity index (χ3v) is 8.49. The van der Waals surface area contributed by atoms with Gasteiger partial charge in [0, 0.05) is 30.3 Å². The number of rotatable bonds is 9. The van der Waals surface area contributed by atoms with Crippen LogP contribution in [-0.4, -0.2) is 53.9 Å². The molecule has 0 bridgehead atoms. The van der Waals surface area contributed by atoms with Gasteiger partial charge < -0.3 is 19.5 Å². The van der Waals surface area contributed by atoms with Crippen LogP contribution < -0.4 is 10.1 Å². The van der Waals surface area contributed by atoms with E-state index in [0.717, 1.165) is 16.7 Å². The number of ether oxygens (including phenoxy) is 3. The molecule has 1 saturated heterocycles. The van der Waals surface area contributed by atoms with Gasteiger partial charge in [0.2, 0.25) is 5.88 Å². The maximum absolute atomic E-state index is 13.9. The molecule has 41 heavy (non-hydrogen) atoms. The van der Waals surface area contributed by atoms with Gasteiger partial charge in [-0.1, -0.05) is 51.5 Å². The van der Waals surface area contributed by atoms with Gasteiger partial charge in [0.25, 0.3) is 0 Å². The number of aryl methyl sites for hydroxylation is 1. The van der Waals surface area contributed by atoms with Gasteiger partial charge >= 0.3 is 12.1 Å². The predicted molar refractivity (Wildman–Crippen MR) is 159 cm³/mol. The van der Waals surface area contributed by atoms with Crippen LogP contribution in [0, 0.1) is 18.3 Å². The number of nitrogens with zero attached hydrogens (tertiary/aromatic N) is 2. The first-order chi connectivity index (χ1) is 19.5. The second-order valence-corrected chi connectivity index (χ2v) is 12.7. The number of carbonyl (C=O) groups is 2. The fourth-order valence-electron chi connectivity index (χ4n) is 6.42. The van der Waals surface area contributed by atoms with Crippen LogP contribution in [0.1, 0.15) is 95.0 Å². The fourth-order valence-corrected chi connectivity index (χ4v) is 6.42. The number of methoxy groups -OCH3 is 1. The zero-order valence-electron chi connectivity index (χ0n) is 25.9. The van der Waals surface area contributed by atoms with Crippen molar-refractivity contribution in [1.82, 2.24) is 15.2 Å². The summed E-state index contributed by atoms with van der Waals surface area (Å²) in [6.07, 6.45) is 4.67. The highest BCUT2D eigenvalue weighted by molar-refractivity contribution is 5.83. The molecule has 0 spiro atoms. The smallest absolute Gasteiger partial charge is 0.411 e. The molecule has 2 aliphatic rings. The minimum absolute atomic E-state index is 0.225. The number of benzene rings is 1. The summed E-state index contributed by atoms with van der Waals surface area (Å²) in [7, 11) is 1.64. The summed E-state index contributed by atoms with van der Waals surface area (Å²) in [4.78, 5) is 33.8. The maximum Gasteiger partial charge on any atom is 0.411 e. The number of amides is 1. The molecule has 2 fully saturated rings. The number of aromatic nitrogens is 1. The zero-order chi connectivity index (χ0) is 29.9. The Bertz CT molecular complexity index is 1220. The molecule has 224 valence electrons. The Hall–Kier alpha value is -3.13. The third kappa shape index (κ3) is 6.53. The van der Waals surface area contributed by atoms with Crippen molar-refractivity contribution in [3.63, 3.8) is 0 Å². The Morgan fingerprint density at radius 3 is 2.44 bits per heavy atom. The molecule has 0 unspecified atom stereocenters. The molecular weight excluding hydrogens is 518 g/mol. The van der Waals surface area contributed by atoms with E-state index in [0.29, 0.717) is 18.3 Å². The topological polar surface area (TPSA) is 90.0 Å². The standard InChI is InChI=1S/C33H47N3O5/c1-9-40-31(37)29-26(33(5,6)7)27(34-19-24-17-23(22-14-12-15-22)18-35-30(24)39-8)28(25-16-11-10-13-21(25)4)36(29)32(38)41-20(2)3/h10-11,13,16-18,20,22,26-29,34H,9,12,14-15,19H2,1-8H3/t26-,27-,28-,29-/m0/s1. The van der Waals surface area contributed by atoms with Crippen molar-refractivity contribution in [3.05, 3.63) is 58.8 Å². The molecule has 4 atom stereocenters. The Kier molecular flexibility index (Phi) is 9.62. The largest absolute Gasteiger partial charge is 0.481 e. The van der Waals surface area contributed by atoms with Crippen molar-refractivity contribution in [2.75, 3.05) is 13.7 Å². The first kappa shape index (κ1) is 30.8. The average molecular weight is 566 g/mol. The Morgan fingerprint density at radius 1 is 1.17 bits per heavy atom. The van der Waals surface area contributed by atoms with E-state index in [1.165, 1.54) is 24.8 Å². The minimum Gasteiger partial charge on any atom is -0.481 e. The Labute approximate surface area is 245 Å². The van der Waals surface area contributed by atoms with Crippen LogP contribution in [-0.2, 0) is 20.8 Å². The number of esters is 1. The average Bonchev–Trinajstić information content (AvgIpc) is 3.22. The summed E-state index contributed by atoms with van der Waals surface area (Å²) in [6.45, 7) is 14.5. The third-order valence-electron chi connectivity index (χ3n) is 8.49. The summed E-state index contributed by atoms with van der Waals surface area (Å²) in [5, 5.41) is 3.80. The molecule has 2 aromatic rings. The van der Waals surface area contributed by atoms with Crippen molar-refractivity contribution in [1.29, 1.82) is 0 Å². The monoisotopic (exact) mass is 565 g/mol. The van der Waals surface area contributed by atoms with Crippen LogP contribution in [0.2, 0.25) is 0 Å². The first-order valence-electron chi connectivity index (χ1n) is 14.9. The summed E-state index contributed by atoms with van der Waals surface area (Å²) in [5.41, 5.74) is 3.84. The molecule has 1 amide bonds. The quantitative estimate of drug-likeness (QED) is 0.356. The van der Waals surface area contributed by atoms with Crippen LogP contribution in [0.5, 0.6) is 5.88 Å². The molecular formula is C33H47N3O5. The van der Waals surface area contributed by atoms with Gasteiger partial charge in [-0.15, -0.1) is 0 Å². The highest BCUT2D eigenvalue weighted by Crippen LogP contribution is 2.49. The normalized spacial score (nSPS) is 22.9. The molecule has 8 heteroatoms. The molecule has 2 heterocycles. The van der Waals surface area contributed by atoms with E-state index in [4.69, 9.17) is 14.2 Å². The number of likely N-dealkylation sites (tertiary alicyclic amines) is 1. The van der Waals surface area contributed by atoms with Gasteiger partial charge in [0.15, 0.2) is 0 Å². The van der Waals surface area contributed by atoms with Crippen LogP contribution in [0.15, 0.2) is 36.5 Å². The fraction of sp³-hybridized carbons (Fsp3) is 0.606. The summed E-state index contributed by atoms with van der Waals surface area (Å²) >= 11 is 0. The molecule has 1 N–H and O–H groups in total. The summed E-state index contributed by atoms with van der Waals surface area (Å²) in [5.74, 6) is 0.424. The van der Waals surface area contributed by atoms with Crippen LogP contribution in [0.4, 0.5) is 4.79 Å². The van der Waals surface area contributed by atoms with Gasteiger partial charge in [-0.05, 0) is 74.6 Å². The van der Waals surface area contributed by atoms with E-state index in [1.54, 1.807) is 18.9 Å². The minimum atomic E-state index is -0.829. The van der Waals surface area contributed by atoms with Gasteiger partial charge in [0.1, 0.15) is 6.04 Å². The molecule has 1 saturated carbocycles. The summed E-state index contributed by atoms with van der Waals surface area (Å²) < 4.78 is 17.0. The molecule has 1 aromatic heterocycles. The van der Waals surface area contributed by atoms with E-state index in [1.807, 2.05) is 51.2 Å². The lowest BCUT2D eigenvalue weighted by Gasteiger charge is -2.36. The van der Waals surface area contributed by atoms with Crippen molar-refractivity contribution in [2.45, 2.75) is 104 Å². The van der Waals surface area contributed by atoms with Gasteiger partial charge in [-0.3, -0.25) is 4.90 Å². The second-order valence-electron chi connectivity index (χ2n) is 12.7. The zero-order valence-corrected chi connectivity index (χ0v) is 25.9. The number of carbonyl (C=O) groups excluding carboxylic acids is 2. The van der Waals surface area contributed by atoms with Crippen LogP contribution in [0.3, 0.4) is 0 Å². The lowest BCUT2D eigenvalue weighted by Crippen LogP contribution is -2.49. The number of hydrogen-bond acceptors (Lipinski definition) is 7.